The van der Waals surface area contributed by atoms with Crippen molar-refractivity contribution in [1.29, 1.82) is 0 Å². The van der Waals surface area contributed by atoms with Crippen molar-refractivity contribution in [2.75, 3.05) is 7.11 Å². The molecule has 0 spiro atoms. The molecule has 3 heteroatoms. The zero-order chi connectivity index (χ0) is 14.1. The molecular weight excluding hydrogens is 238 g/mol. The number of rotatable bonds is 5. The second-order valence-corrected chi connectivity index (χ2v) is 6.36. The first-order valence-electron chi connectivity index (χ1n) is 7.00. The van der Waals surface area contributed by atoms with Gasteiger partial charge in [0.2, 0.25) is 0 Å². The van der Waals surface area contributed by atoms with Crippen LogP contribution in [0.3, 0.4) is 0 Å². The molecule has 3 N–H and O–H groups in total. The fraction of sp³-hybridized carbons (Fsp3) is 0.625. The van der Waals surface area contributed by atoms with E-state index in [4.69, 9.17) is 10.5 Å². The largest absolute Gasteiger partial charge is 0.497 e. The molecule has 0 amide bonds. The number of aliphatic hydroxyl groups is 1. The number of nitrogens with two attached hydrogens (primary N) is 1. The van der Waals surface area contributed by atoms with Gasteiger partial charge in [0, 0.05) is 11.5 Å². The van der Waals surface area contributed by atoms with E-state index in [0.717, 1.165) is 18.6 Å². The molecule has 1 atom stereocenters. The van der Waals surface area contributed by atoms with E-state index in [1.165, 1.54) is 12.0 Å². The van der Waals surface area contributed by atoms with Gasteiger partial charge in [-0.05, 0) is 50.8 Å². The summed E-state index contributed by atoms with van der Waals surface area (Å²) in [5.74, 6) is 0.870. The normalized spacial score (nSPS) is 19.6. The quantitative estimate of drug-likeness (QED) is 0.858. The van der Waals surface area contributed by atoms with Crippen LogP contribution >= 0.6 is 0 Å². The number of hydrogen-bond donors (Lipinski definition) is 2. The van der Waals surface area contributed by atoms with Gasteiger partial charge in [-0.2, -0.15) is 0 Å². The highest BCUT2D eigenvalue weighted by Gasteiger charge is 2.45. The Balaban J connectivity index is 2.21. The first-order valence-corrected chi connectivity index (χ1v) is 7.00. The van der Waals surface area contributed by atoms with Gasteiger partial charge in [0.05, 0.1) is 12.7 Å². The van der Waals surface area contributed by atoms with Crippen LogP contribution < -0.4 is 10.5 Å². The SMILES string of the molecule is COc1ccc(C2(C(N)CC(C)(C)O)CCC2)cc1. The van der Waals surface area contributed by atoms with Crippen molar-refractivity contribution < 1.29 is 9.84 Å². The first kappa shape index (κ1) is 14.4. The minimum Gasteiger partial charge on any atom is -0.497 e. The average Bonchev–Trinajstić information content (AvgIpc) is 2.26. The molecule has 0 aromatic heterocycles. The van der Waals surface area contributed by atoms with E-state index in [1.54, 1.807) is 7.11 Å². The Hall–Kier alpha value is -1.06. The molecule has 0 saturated heterocycles. The summed E-state index contributed by atoms with van der Waals surface area (Å²) in [6.07, 6.45) is 4.05. The minimum absolute atomic E-state index is 0.00496. The Morgan fingerprint density at radius 3 is 2.26 bits per heavy atom. The molecule has 1 aromatic rings. The van der Waals surface area contributed by atoms with Gasteiger partial charge in [0.15, 0.2) is 0 Å². The summed E-state index contributed by atoms with van der Waals surface area (Å²) in [5.41, 5.74) is 7.01. The van der Waals surface area contributed by atoms with Crippen LogP contribution in [0.4, 0.5) is 0 Å². The molecule has 1 aliphatic rings. The molecule has 3 nitrogen and oxygen atoms in total. The molecule has 0 radical (unpaired) electrons. The molecule has 2 rings (SSSR count). The Kier molecular flexibility index (Phi) is 3.88. The number of hydrogen-bond acceptors (Lipinski definition) is 3. The van der Waals surface area contributed by atoms with Crippen LogP contribution in [0.1, 0.15) is 45.1 Å². The van der Waals surface area contributed by atoms with Gasteiger partial charge in [-0.3, -0.25) is 0 Å². The summed E-state index contributed by atoms with van der Waals surface area (Å²) in [6.45, 7) is 3.65. The Morgan fingerprint density at radius 1 is 1.32 bits per heavy atom. The van der Waals surface area contributed by atoms with E-state index < -0.39 is 5.60 Å². The summed E-state index contributed by atoms with van der Waals surface area (Å²) in [7, 11) is 1.67. The Labute approximate surface area is 115 Å². The van der Waals surface area contributed by atoms with Crippen LogP contribution in [-0.2, 0) is 5.41 Å². The topological polar surface area (TPSA) is 55.5 Å². The summed E-state index contributed by atoms with van der Waals surface area (Å²) in [4.78, 5) is 0. The van der Waals surface area contributed by atoms with Gasteiger partial charge >= 0.3 is 0 Å². The highest BCUT2D eigenvalue weighted by molar-refractivity contribution is 5.35. The molecule has 1 aromatic carbocycles. The van der Waals surface area contributed by atoms with Crippen molar-refractivity contribution >= 4 is 0 Å². The van der Waals surface area contributed by atoms with Crippen molar-refractivity contribution in [2.24, 2.45) is 5.73 Å². The second-order valence-electron chi connectivity index (χ2n) is 6.36. The summed E-state index contributed by atoms with van der Waals surface area (Å²) in [5, 5.41) is 10.0. The molecular formula is C16H25NO2. The minimum atomic E-state index is -0.714. The highest BCUT2D eigenvalue weighted by atomic mass is 16.5. The van der Waals surface area contributed by atoms with Gasteiger partial charge < -0.3 is 15.6 Å². The Bertz CT molecular complexity index is 415. The lowest BCUT2D eigenvalue weighted by Gasteiger charge is -2.48. The van der Waals surface area contributed by atoms with E-state index in [2.05, 4.69) is 12.1 Å². The van der Waals surface area contributed by atoms with E-state index >= 15 is 0 Å². The predicted octanol–water partition coefficient (Wildman–Crippen LogP) is 2.61. The third kappa shape index (κ3) is 2.93. The van der Waals surface area contributed by atoms with Gasteiger partial charge in [0.25, 0.3) is 0 Å². The molecule has 19 heavy (non-hydrogen) atoms. The third-order valence-corrected chi connectivity index (χ3v) is 4.34. The van der Waals surface area contributed by atoms with Crippen molar-refractivity contribution in [1.82, 2.24) is 0 Å². The molecule has 0 bridgehead atoms. The third-order valence-electron chi connectivity index (χ3n) is 4.34. The van der Waals surface area contributed by atoms with Crippen molar-refractivity contribution in [3.05, 3.63) is 29.8 Å². The number of methoxy groups -OCH3 is 1. The van der Waals surface area contributed by atoms with Crippen LogP contribution in [-0.4, -0.2) is 23.9 Å². The zero-order valence-electron chi connectivity index (χ0n) is 12.1. The van der Waals surface area contributed by atoms with Gasteiger partial charge in [0.1, 0.15) is 5.75 Å². The van der Waals surface area contributed by atoms with E-state index in [0.29, 0.717) is 6.42 Å². The molecule has 106 valence electrons. The lowest BCUT2D eigenvalue weighted by molar-refractivity contribution is 0.0410. The summed E-state index contributed by atoms with van der Waals surface area (Å²) < 4.78 is 5.20. The highest BCUT2D eigenvalue weighted by Crippen LogP contribution is 2.47. The van der Waals surface area contributed by atoms with Crippen molar-refractivity contribution in [2.45, 2.75) is 56.6 Å². The van der Waals surface area contributed by atoms with E-state index in [9.17, 15) is 5.11 Å². The maximum Gasteiger partial charge on any atom is 0.118 e. The fourth-order valence-electron chi connectivity index (χ4n) is 3.09. The van der Waals surface area contributed by atoms with E-state index in [1.807, 2.05) is 26.0 Å². The zero-order valence-corrected chi connectivity index (χ0v) is 12.1. The van der Waals surface area contributed by atoms with Crippen LogP contribution in [0.15, 0.2) is 24.3 Å². The van der Waals surface area contributed by atoms with Crippen LogP contribution in [0.2, 0.25) is 0 Å². The maximum atomic E-state index is 10.0. The standard InChI is InChI=1S/C16H25NO2/c1-15(2,18)11-14(17)16(9-4-10-16)12-5-7-13(19-3)8-6-12/h5-8,14,18H,4,9-11,17H2,1-3H3. The molecule has 1 saturated carbocycles. The monoisotopic (exact) mass is 263 g/mol. The molecule has 1 aliphatic carbocycles. The van der Waals surface area contributed by atoms with Crippen LogP contribution in [0.5, 0.6) is 5.75 Å². The van der Waals surface area contributed by atoms with Gasteiger partial charge in [-0.1, -0.05) is 18.6 Å². The number of ether oxygens (including phenoxy) is 1. The summed E-state index contributed by atoms with van der Waals surface area (Å²) in [6, 6.07) is 8.21. The van der Waals surface area contributed by atoms with E-state index in [-0.39, 0.29) is 11.5 Å². The van der Waals surface area contributed by atoms with Crippen LogP contribution in [0, 0.1) is 0 Å². The lowest BCUT2D eigenvalue weighted by atomic mass is 9.59. The molecule has 1 fully saturated rings. The smallest absolute Gasteiger partial charge is 0.118 e. The second kappa shape index (κ2) is 5.14. The fourth-order valence-corrected chi connectivity index (χ4v) is 3.09. The lowest BCUT2D eigenvalue weighted by Crippen LogP contribution is -2.52. The van der Waals surface area contributed by atoms with Crippen molar-refractivity contribution in [3.63, 3.8) is 0 Å². The van der Waals surface area contributed by atoms with Gasteiger partial charge in [-0.15, -0.1) is 0 Å². The molecule has 0 heterocycles. The van der Waals surface area contributed by atoms with Crippen molar-refractivity contribution in [3.8, 4) is 5.75 Å². The Morgan fingerprint density at radius 2 is 1.89 bits per heavy atom. The first-order chi connectivity index (χ1) is 8.87. The predicted molar refractivity (Wildman–Crippen MR) is 77.4 cm³/mol. The van der Waals surface area contributed by atoms with Gasteiger partial charge in [-0.25, -0.2) is 0 Å². The molecule has 1 unspecified atom stereocenters. The molecule has 0 aliphatic heterocycles. The number of benzene rings is 1. The van der Waals surface area contributed by atoms with Crippen LogP contribution in [0.25, 0.3) is 0 Å². The average molecular weight is 263 g/mol. The maximum absolute atomic E-state index is 10.0. The summed E-state index contributed by atoms with van der Waals surface area (Å²) >= 11 is 0.